The summed E-state index contributed by atoms with van der Waals surface area (Å²) in [4.78, 5) is 13.8. The van der Waals surface area contributed by atoms with Gasteiger partial charge in [-0.3, -0.25) is 10.1 Å². The molecule has 1 aliphatic rings. The van der Waals surface area contributed by atoms with Crippen LogP contribution in [0.5, 0.6) is 0 Å². The number of rotatable bonds is 6. The molecule has 1 amide bonds. The van der Waals surface area contributed by atoms with E-state index in [1.54, 1.807) is 11.8 Å². The highest BCUT2D eigenvalue weighted by atomic mass is 32.2. The predicted molar refractivity (Wildman–Crippen MR) is 123 cm³/mol. The third-order valence-electron chi connectivity index (χ3n) is 5.45. The SMILES string of the molecule is CSc1ccc(-c2nnc(NC(=O)c3ccc(S(=O)(=O)N4CCCC[C@H]4C)cc3)o2)cc1. The Hall–Kier alpha value is -2.69. The Morgan fingerprint density at radius 2 is 1.81 bits per heavy atom. The van der Waals surface area contributed by atoms with Gasteiger partial charge in [-0.05, 0) is 74.6 Å². The van der Waals surface area contributed by atoms with Crippen LogP contribution in [0.3, 0.4) is 0 Å². The van der Waals surface area contributed by atoms with Crippen LogP contribution in [0.25, 0.3) is 11.5 Å². The molecule has 32 heavy (non-hydrogen) atoms. The van der Waals surface area contributed by atoms with Gasteiger partial charge in [-0.25, -0.2) is 8.42 Å². The minimum absolute atomic E-state index is 0.0274. The fourth-order valence-electron chi connectivity index (χ4n) is 3.64. The van der Waals surface area contributed by atoms with Crippen molar-refractivity contribution in [1.82, 2.24) is 14.5 Å². The van der Waals surface area contributed by atoms with Crippen LogP contribution in [0, 0.1) is 0 Å². The van der Waals surface area contributed by atoms with Crippen LogP contribution >= 0.6 is 11.8 Å². The van der Waals surface area contributed by atoms with E-state index >= 15 is 0 Å². The molecule has 0 spiro atoms. The Balaban J connectivity index is 1.45. The summed E-state index contributed by atoms with van der Waals surface area (Å²) >= 11 is 1.63. The number of carbonyl (C=O) groups is 1. The van der Waals surface area contributed by atoms with Gasteiger partial charge < -0.3 is 4.42 Å². The third-order valence-corrected chi connectivity index (χ3v) is 8.22. The molecular weight excluding hydrogens is 448 g/mol. The van der Waals surface area contributed by atoms with Gasteiger partial charge in [0.15, 0.2) is 0 Å². The van der Waals surface area contributed by atoms with Crippen molar-refractivity contribution in [3.8, 4) is 11.5 Å². The number of piperidine rings is 1. The zero-order chi connectivity index (χ0) is 22.7. The van der Waals surface area contributed by atoms with Gasteiger partial charge in [-0.15, -0.1) is 16.9 Å². The Bertz CT molecular complexity index is 1190. The monoisotopic (exact) mass is 472 g/mol. The molecule has 0 bridgehead atoms. The largest absolute Gasteiger partial charge is 0.403 e. The van der Waals surface area contributed by atoms with E-state index in [9.17, 15) is 13.2 Å². The summed E-state index contributed by atoms with van der Waals surface area (Å²) in [7, 11) is -3.59. The molecule has 0 saturated carbocycles. The topological polar surface area (TPSA) is 105 Å². The number of thioether (sulfide) groups is 1. The van der Waals surface area contributed by atoms with Crippen molar-refractivity contribution in [2.24, 2.45) is 0 Å². The van der Waals surface area contributed by atoms with Crippen LogP contribution in [0.1, 0.15) is 36.5 Å². The number of hydrogen-bond acceptors (Lipinski definition) is 7. The zero-order valence-corrected chi connectivity index (χ0v) is 19.4. The van der Waals surface area contributed by atoms with Gasteiger partial charge in [-0.1, -0.05) is 11.5 Å². The molecule has 4 rings (SSSR count). The number of nitrogens with zero attached hydrogens (tertiary/aromatic N) is 3. The standard InChI is InChI=1S/C22H24N4O4S2/c1-15-5-3-4-14-26(15)32(28,29)19-12-8-16(9-13-19)20(27)23-22-25-24-21(30-22)17-6-10-18(31-2)11-7-17/h6-13,15H,3-5,14H2,1-2H3,(H,23,25,27)/t15-/m1/s1. The van der Waals surface area contributed by atoms with E-state index in [4.69, 9.17) is 4.42 Å². The maximum Gasteiger partial charge on any atom is 0.322 e. The van der Waals surface area contributed by atoms with E-state index in [2.05, 4.69) is 15.5 Å². The van der Waals surface area contributed by atoms with E-state index in [0.717, 1.165) is 29.7 Å². The molecule has 1 fully saturated rings. The highest BCUT2D eigenvalue weighted by Gasteiger charge is 2.31. The molecule has 1 N–H and O–H groups in total. The van der Waals surface area contributed by atoms with Crippen molar-refractivity contribution in [2.75, 3.05) is 18.1 Å². The lowest BCUT2D eigenvalue weighted by Crippen LogP contribution is -2.41. The van der Waals surface area contributed by atoms with Crippen molar-refractivity contribution in [3.63, 3.8) is 0 Å². The molecule has 1 atom stereocenters. The van der Waals surface area contributed by atoms with Crippen LogP contribution in [0.4, 0.5) is 6.01 Å². The average molecular weight is 473 g/mol. The predicted octanol–water partition coefficient (Wildman–Crippen LogP) is 4.27. The summed E-state index contributed by atoms with van der Waals surface area (Å²) in [5.74, 6) is -0.168. The third kappa shape index (κ3) is 4.72. The normalized spacial score (nSPS) is 17.2. The number of aromatic nitrogens is 2. The molecule has 1 aliphatic heterocycles. The van der Waals surface area contributed by atoms with Crippen LogP contribution in [0.2, 0.25) is 0 Å². The molecule has 2 aromatic carbocycles. The van der Waals surface area contributed by atoms with Crippen LogP contribution in [-0.2, 0) is 10.0 Å². The van der Waals surface area contributed by atoms with E-state index in [1.807, 2.05) is 37.4 Å². The first-order valence-electron chi connectivity index (χ1n) is 10.3. The van der Waals surface area contributed by atoms with E-state index < -0.39 is 15.9 Å². The van der Waals surface area contributed by atoms with Crippen molar-refractivity contribution in [3.05, 3.63) is 54.1 Å². The number of hydrogen-bond donors (Lipinski definition) is 1. The molecule has 8 nitrogen and oxygen atoms in total. The van der Waals surface area contributed by atoms with Gasteiger partial charge >= 0.3 is 6.01 Å². The zero-order valence-electron chi connectivity index (χ0n) is 17.8. The second-order valence-corrected chi connectivity index (χ2v) is 10.4. The fourth-order valence-corrected chi connectivity index (χ4v) is 5.74. The van der Waals surface area contributed by atoms with Crippen molar-refractivity contribution >= 4 is 33.7 Å². The summed E-state index contributed by atoms with van der Waals surface area (Å²) < 4.78 is 33.0. The fraction of sp³-hybridized carbons (Fsp3) is 0.318. The Labute approximate surface area is 191 Å². The summed E-state index contributed by atoms with van der Waals surface area (Å²) in [6, 6.07) is 13.4. The first-order valence-corrected chi connectivity index (χ1v) is 13.0. The molecule has 1 saturated heterocycles. The lowest BCUT2D eigenvalue weighted by molar-refractivity contribution is 0.102. The maximum absolute atomic E-state index is 12.9. The first kappa shape index (κ1) is 22.5. The smallest absolute Gasteiger partial charge is 0.322 e. The first-order chi connectivity index (χ1) is 15.4. The van der Waals surface area contributed by atoms with Crippen LogP contribution < -0.4 is 5.32 Å². The maximum atomic E-state index is 12.9. The second kappa shape index (κ2) is 9.43. The minimum atomic E-state index is -3.59. The molecule has 0 radical (unpaired) electrons. The summed E-state index contributed by atoms with van der Waals surface area (Å²) in [5.41, 5.74) is 1.04. The van der Waals surface area contributed by atoms with Crippen LogP contribution in [-0.4, -0.2) is 47.7 Å². The number of amides is 1. The Kier molecular flexibility index (Phi) is 6.63. The lowest BCUT2D eigenvalue weighted by atomic mass is 10.1. The number of nitrogens with one attached hydrogen (secondary N) is 1. The molecular formula is C22H24N4O4S2. The lowest BCUT2D eigenvalue weighted by Gasteiger charge is -2.32. The average Bonchev–Trinajstić information content (AvgIpc) is 3.28. The highest BCUT2D eigenvalue weighted by Crippen LogP contribution is 2.26. The Morgan fingerprint density at radius 1 is 1.09 bits per heavy atom. The van der Waals surface area contributed by atoms with Crippen molar-refractivity contribution in [2.45, 2.75) is 42.0 Å². The summed E-state index contributed by atoms with van der Waals surface area (Å²) in [6.45, 7) is 2.44. The summed E-state index contributed by atoms with van der Waals surface area (Å²) in [5, 5.41) is 10.4. The number of benzene rings is 2. The van der Waals surface area contributed by atoms with Gasteiger partial charge in [0.25, 0.3) is 5.91 Å². The van der Waals surface area contributed by atoms with Crippen molar-refractivity contribution in [1.29, 1.82) is 0 Å². The summed E-state index contributed by atoms with van der Waals surface area (Å²) in [6.07, 6.45) is 4.74. The van der Waals surface area contributed by atoms with Gasteiger partial charge in [0.05, 0.1) is 4.90 Å². The quantitative estimate of drug-likeness (QED) is 0.534. The Morgan fingerprint density at radius 3 is 2.47 bits per heavy atom. The molecule has 10 heteroatoms. The van der Waals surface area contributed by atoms with Crippen LogP contribution in [0.15, 0.2) is 62.7 Å². The molecule has 168 valence electrons. The van der Waals surface area contributed by atoms with Crippen molar-refractivity contribution < 1.29 is 17.6 Å². The van der Waals surface area contributed by atoms with Gasteiger partial charge in [0.2, 0.25) is 15.9 Å². The molecule has 2 heterocycles. The highest BCUT2D eigenvalue weighted by molar-refractivity contribution is 7.98. The van der Waals surface area contributed by atoms with Gasteiger partial charge in [0.1, 0.15) is 0 Å². The van der Waals surface area contributed by atoms with Gasteiger partial charge in [-0.2, -0.15) is 4.31 Å². The van der Waals surface area contributed by atoms with E-state index in [0.29, 0.717) is 18.0 Å². The molecule has 0 unspecified atom stereocenters. The number of sulfonamides is 1. The molecule has 0 aliphatic carbocycles. The molecule has 1 aromatic heterocycles. The van der Waals surface area contributed by atoms with E-state index in [1.165, 1.54) is 28.6 Å². The minimum Gasteiger partial charge on any atom is -0.403 e. The number of carbonyl (C=O) groups excluding carboxylic acids is 1. The molecule has 3 aromatic rings. The number of anilines is 1. The van der Waals surface area contributed by atoms with E-state index in [-0.39, 0.29) is 17.0 Å². The second-order valence-electron chi connectivity index (χ2n) is 7.58. The van der Waals surface area contributed by atoms with Gasteiger partial charge in [0, 0.05) is 28.6 Å².